The van der Waals surface area contributed by atoms with Crippen molar-refractivity contribution in [2.45, 2.75) is 44.8 Å². The maximum atomic E-state index is 13.7. The number of carbonyl (C=O) groups excluding carboxylic acids is 3. The SMILES string of the molecule is C[C@@H](NC(=O)[C@H](C)N1C(=O)N2CCc3c([nH]c4ccccc34)[C@@]2(C)C1=O)c1ccccc1. The van der Waals surface area contributed by atoms with E-state index in [4.69, 9.17) is 0 Å². The van der Waals surface area contributed by atoms with Crippen molar-refractivity contribution in [3.63, 3.8) is 0 Å². The number of nitrogens with one attached hydrogen (secondary N) is 2. The molecule has 1 aromatic heterocycles. The summed E-state index contributed by atoms with van der Waals surface area (Å²) >= 11 is 0. The number of aromatic nitrogens is 1. The Labute approximate surface area is 186 Å². The fourth-order valence-corrected chi connectivity index (χ4v) is 5.04. The minimum Gasteiger partial charge on any atom is -0.356 e. The van der Waals surface area contributed by atoms with Gasteiger partial charge >= 0.3 is 6.03 Å². The van der Waals surface area contributed by atoms with Crippen LogP contribution in [0.15, 0.2) is 54.6 Å². The smallest absolute Gasteiger partial charge is 0.328 e. The van der Waals surface area contributed by atoms with Crippen LogP contribution in [0, 0.1) is 0 Å². The Morgan fingerprint density at radius 3 is 2.50 bits per heavy atom. The summed E-state index contributed by atoms with van der Waals surface area (Å²) in [6.07, 6.45) is 0.660. The van der Waals surface area contributed by atoms with Crippen LogP contribution in [0.3, 0.4) is 0 Å². The van der Waals surface area contributed by atoms with Crippen LogP contribution in [0.4, 0.5) is 4.79 Å². The van der Waals surface area contributed by atoms with Crippen LogP contribution < -0.4 is 5.32 Å². The Hall–Kier alpha value is -3.61. The number of carbonyl (C=O) groups is 3. The van der Waals surface area contributed by atoms with Gasteiger partial charge in [-0.2, -0.15) is 0 Å². The van der Waals surface area contributed by atoms with Crippen molar-refractivity contribution in [2.24, 2.45) is 0 Å². The number of hydrogen-bond donors (Lipinski definition) is 2. The quantitative estimate of drug-likeness (QED) is 0.622. The van der Waals surface area contributed by atoms with E-state index in [2.05, 4.69) is 10.3 Å². The number of rotatable bonds is 4. The monoisotopic (exact) mass is 430 g/mol. The van der Waals surface area contributed by atoms with Gasteiger partial charge in [0.25, 0.3) is 5.91 Å². The number of para-hydroxylation sites is 1. The Morgan fingerprint density at radius 1 is 1.06 bits per heavy atom. The summed E-state index contributed by atoms with van der Waals surface area (Å²) in [6, 6.07) is 15.9. The lowest BCUT2D eigenvalue weighted by molar-refractivity contribution is -0.139. The Balaban J connectivity index is 1.45. The number of amides is 4. The van der Waals surface area contributed by atoms with Gasteiger partial charge in [0.15, 0.2) is 5.54 Å². The van der Waals surface area contributed by atoms with Gasteiger partial charge in [-0.3, -0.25) is 9.59 Å². The minimum absolute atomic E-state index is 0.238. The summed E-state index contributed by atoms with van der Waals surface area (Å²) in [4.78, 5) is 46.1. The molecular weight excluding hydrogens is 404 g/mol. The molecule has 4 amide bonds. The Kier molecular flexibility index (Phi) is 4.58. The van der Waals surface area contributed by atoms with Crippen molar-refractivity contribution in [1.82, 2.24) is 20.1 Å². The fourth-order valence-electron chi connectivity index (χ4n) is 5.04. The number of aromatic amines is 1. The van der Waals surface area contributed by atoms with Crippen LogP contribution in [0.1, 0.15) is 43.6 Å². The van der Waals surface area contributed by atoms with Gasteiger partial charge in [0.1, 0.15) is 6.04 Å². The fraction of sp³-hybridized carbons (Fsp3) is 0.320. The Morgan fingerprint density at radius 2 is 1.75 bits per heavy atom. The zero-order valence-electron chi connectivity index (χ0n) is 18.4. The van der Waals surface area contributed by atoms with Crippen LogP contribution in [0.2, 0.25) is 0 Å². The molecule has 0 bridgehead atoms. The van der Waals surface area contributed by atoms with E-state index in [1.54, 1.807) is 18.7 Å². The minimum atomic E-state index is -1.15. The number of hydrogen-bond acceptors (Lipinski definition) is 3. The molecule has 3 heterocycles. The lowest BCUT2D eigenvalue weighted by Crippen LogP contribution is -2.50. The van der Waals surface area contributed by atoms with Crippen molar-refractivity contribution >= 4 is 28.7 Å². The van der Waals surface area contributed by atoms with Gasteiger partial charge < -0.3 is 15.2 Å². The van der Waals surface area contributed by atoms with Crippen molar-refractivity contribution in [3.05, 3.63) is 71.4 Å². The molecule has 0 radical (unpaired) electrons. The van der Waals surface area contributed by atoms with E-state index in [9.17, 15) is 14.4 Å². The van der Waals surface area contributed by atoms with Crippen LogP contribution >= 0.6 is 0 Å². The van der Waals surface area contributed by atoms with E-state index in [-0.39, 0.29) is 17.9 Å². The molecule has 0 spiro atoms. The normalized spacial score (nSPS) is 22.0. The van der Waals surface area contributed by atoms with E-state index in [0.717, 1.165) is 32.6 Å². The highest BCUT2D eigenvalue weighted by Gasteiger charge is 2.60. The number of H-pyrrole nitrogens is 1. The third-order valence-corrected chi connectivity index (χ3v) is 6.92. The van der Waals surface area contributed by atoms with Crippen molar-refractivity contribution < 1.29 is 14.4 Å². The predicted molar refractivity (Wildman–Crippen MR) is 121 cm³/mol. The standard InChI is InChI=1S/C25H26N4O3/c1-15(17-9-5-4-6-10-17)26-22(30)16(2)29-23(31)25(3)21-19(13-14-28(25)24(29)32)18-11-7-8-12-20(18)27-21/h4-12,15-16,27H,13-14H2,1-3H3,(H,26,30)/t15-,16+,25+/m1/s1. The van der Waals surface area contributed by atoms with Crippen LogP contribution in [0.5, 0.6) is 0 Å². The van der Waals surface area contributed by atoms with Crippen molar-refractivity contribution in [3.8, 4) is 0 Å². The lowest BCUT2D eigenvalue weighted by Gasteiger charge is -2.36. The first kappa shape index (κ1) is 20.3. The first-order valence-electron chi connectivity index (χ1n) is 10.9. The molecule has 2 aliphatic heterocycles. The summed E-state index contributed by atoms with van der Waals surface area (Å²) < 4.78 is 0. The molecule has 3 aromatic rings. The van der Waals surface area contributed by atoms with Gasteiger partial charge in [-0.1, -0.05) is 48.5 Å². The van der Waals surface area contributed by atoms with Crippen molar-refractivity contribution in [2.75, 3.05) is 6.54 Å². The van der Waals surface area contributed by atoms with Crippen LogP contribution in [-0.2, 0) is 21.5 Å². The van der Waals surface area contributed by atoms with Gasteiger partial charge in [-0.25, -0.2) is 9.69 Å². The van der Waals surface area contributed by atoms with Gasteiger partial charge in [-0.15, -0.1) is 0 Å². The van der Waals surface area contributed by atoms with Crippen LogP contribution in [0.25, 0.3) is 10.9 Å². The molecule has 5 rings (SSSR count). The molecule has 2 aliphatic rings. The topological polar surface area (TPSA) is 85.5 Å². The third kappa shape index (κ3) is 2.77. The molecule has 3 atom stereocenters. The molecule has 32 heavy (non-hydrogen) atoms. The molecule has 7 heteroatoms. The molecule has 0 unspecified atom stereocenters. The van der Waals surface area contributed by atoms with E-state index in [1.807, 2.05) is 61.5 Å². The summed E-state index contributed by atoms with van der Waals surface area (Å²) in [5.74, 6) is -0.728. The average molecular weight is 431 g/mol. The second-order valence-corrected chi connectivity index (χ2v) is 8.77. The molecule has 0 aliphatic carbocycles. The number of urea groups is 1. The molecule has 2 aromatic carbocycles. The van der Waals surface area contributed by atoms with E-state index in [1.165, 1.54) is 0 Å². The van der Waals surface area contributed by atoms with Gasteiger partial charge in [0, 0.05) is 17.4 Å². The zero-order valence-corrected chi connectivity index (χ0v) is 18.4. The molecule has 7 nitrogen and oxygen atoms in total. The highest BCUT2D eigenvalue weighted by atomic mass is 16.2. The third-order valence-electron chi connectivity index (χ3n) is 6.92. The number of nitrogens with zero attached hydrogens (tertiary/aromatic N) is 2. The van der Waals surface area contributed by atoms with Gasteiger partial charge in [0.2, 0.25) is 5.91 Å². The van der Waals surface area contributed by atoms with E-state index < -0.39 is 17.6 Å². The molecular formula is C25H26N4O3. The number of benzene rings is 2. The van der Waals surface area contributed by atoms with Crippen LogP contribution in [-0.4, -0.2) is 45.2 Å². The highest BCUT2D eigenvalue weighted by molar-refractivity contribution is 6.11. The maximum Gasteiger partial charge on any atom is 0.328 e. The first-order valence-corrected chi connectivity index (χ1v) is 10.9. The highest BCUT2D eigenvalue weighted by Crippen LogP contribution is 2.44. The molecule has 1 saturated heterocycles. The average Bonchev–Trinajstić information content (AvgIpc) is 3.28. The number of fused-ring (bicyclic) bond motifs is 5. The summed E-state index contributed by atoms with van der Waals surface area (Å²) in [5.41, 5.74) is 2.57. The van der Waals surface area contributed by atoms with Gasteiger partial charge in [0.05, 0.1) is 11.7 Å². The number of imide groups is 1. The summed E-state index contributed by atoms with van der Waals surface area (Å²) in [6.45, 7) is 5.70. The second kappa shape index (κ2) is 7.22. The summed E-state index contributed by atoms with van der Waals surface area (Å²) in [7, 11) is 0. The Bertz CT molecular complexity index is 1230. The summed E-state index contributed by atoms with van der Waals surface area (Å²) in [5, 5.41) is 4.01. The van der Waals surface area contributed by atoms with Crippen molar-refractivity contribution in [1.29, 1.82) is 0 Å². The molecule has 164 valence electrons. The first-order chi connectivity index (χ1) is 15.3. The maximum absolute atomic E-state index is 13.7. The zero-order chi connectivity index (χ0) is 22.6. The predicted octanol–water partition coefficient (Wildman–Crippen LogP) is 3.47. The largest absolute Gasteiger partial charge is 0.356 e. The van der Waals surface area contributed by atoms with Gasteiger partial charge in [-0.05, 0) is 44.4 Å². The van der Waals surface area contributed by atoms with E-state index >= 15 is 0 Å². The van der Waals surface area contributed by atoms with E-state index in [0.29, 0.717) is 13.0 Å². The molecule has 2 N–H and O–H groups in total. The molecule has 0 saturated carbocycles. The lowest BCUT2D eigenvalue weighted by atomic mass is 9.87. The second-order valence-electron chi connectivity index (χ2n) is 8.77. The molecule has 1 fully saturated rings.